The van der Waals surface area contributed by atoms with Crippen LogP contribution in [0, 0.1) is 0 Å². The molecule has 0 unspecified atom stereocenters. The van der Waals surface area contributed by atoms with Gasteiger partial charge in [-0.25, -0.2) is 4.98 Å². The monoisotopic (exact) mass is 303 g/mol. The molecule has 21 heavy (non-hydrogen) atoms. The minimum atomic E-state index is -0.134. The number of rotatable bonds is 4. The zero-order valence-corrected chi connectivity index (χ0v) is 13.1. The molecule has 0 aliphatic heterocycles. The van der Waals surface area contributed by atoms with Crippen molar-refractivity contribution in [3.8, 4) is 0 Å². The van der Waals surface area contributed by atoms with Crippen molar-refractivity contribution >= 4 is 23.2 Å². The number of amides is 1. The fraction of sp³-hybridized carbons (Fsp3) is 0.250. The van der Waals surface area contributed by atoms with Gasteiger partial charge in [-0.15, -0.1) is 0 Å². The van der Waals surface area contributed by atoms with E-state index < -0.39 is 0 Å². The van der Waals surface area contributed by atoms with Gasteiger partial charge in [0.15, 0.2) is 0 Å². The van der Waals surface area contributed by atoms with Crippen LogP contribution in [0.25, 0.3) is 0 Å². The fourth-order valence-electron chi connectivity index (χ4n) is 2.00. The highest BCUT2D eigenvalue weighted by Crippen LogP contribution is 2.17. The highest BCUT2D eigenvalue weighted by molar-refractivity contribution is 6.32. The molecule has 0 aliphatic carbocycles. The molecular formula is C16H18ClN3O. The van der Waals surface area contributed by atoms with E-state index in [2.05, 4.69) is 4.98 Å². The third-order valence-corrected chi connectivity index (χ3v) is 3.51. The lowest BCUT2D eigenvalue weighted by Gasteiger charge is -2.18. The topological polar surface area (TPSA) is 36.4 Å². The van der Waals surface area contributed by atoms with Crippen molar-refractivity contribution < 1.29 is 4.79 Å². The third-order valence-electron chi connectivity index (χ3n) is 3.21. The van der Waals surface area contributed by atoms with E-state index in [1.807, 2.05) is 43.3 Å². The molecule has 0 radical (unpaired) electrons. The quantitative estimate of drug-likeness (QED) is 0.815. The van der Waals surface area contributed by atoms with Crippen molar-refractivity contribution in [1.29, 1.82) is 0 Å². The van der Waals surface area contributed by atoms with E-state index in [9.17, 15) is 4.79 Å². The second-order valence-corrected chi connectivity index (χ2v) is 5.42. The predicted octanol–water partition coefficient (Wildman–Crippen LogP) is 3.07. The van der Waals surface area contributed by atoms with Gasteiger partial charge in [-0.05, 0) is 29.8 Å². The van der Waals surface area contributed by atoms with Crippen molar-refractivity contribution in [3.63, 3.8) is 0 Å². The number of carbonyl (C=O) groups excluding carboxylic acids is 1. The number of hydrogen-bond acceptors (Lipinski definition) is 3. The van der Waals surface area contributed by atoms with Gasteiger partial charge < -0.3 is 9.80 Å². The third kappa shape index (κ3) is 3.73. The van der Waals surface area contributed by atoms with Gasteiger partial charge in [-0.1, -0.05) is 23.7 Å². The molecule has 1 aromatic carbocycles. The molecule has 1 heterocycles. The number of halogens is 1. The van der Waals surface area contributed by atoms with Crippen LogP contribution in [0.4, 0.5) is 5.69 Å². The lowest BCUT2D eigenvalue weighted by molar-refractivity contribution is 0.0785. The maximum atomic E-state index is 12.3. The Morgan fingerprint density at radius 3 is 2.38 bits per heavy atom. The first-order valence-corrected chi connectivity index (χ1v) is 6.99. The maximum Gasteiger partial charge on any atom is 0.257 e. The first-order chi connectivity index (χ1) is 9.99. The molecule has 2 rings (SSSR count). The summed E-state index contributed by atoms with van der Waals surface area (Å²) in [7, 11) is 5.75. The number of anilines is 1. The summed E-state index contributed by atoms with van der Waals surface area (Å²) in [6, 6.07) is 11.5. The van der Waals surface area contributed by atoms with Crippen LogP contribution in [0.5, 0.6) is 0 Å². The predicted molar refractivity (Wildman–Crippen MR) is 85.8 cm³/mol. The van der Waals surface area contributed by atoms with E-state index in [0.29, 0.717) is 12.1 Å². The first kappa shape index (κ1) is 15.3. The first-order valence-electron chi connectivity index (χ1n) is 6.61. The van der Waals surface area contributed by atoms with Crippen LogP contribution in [-0.4, -0.2) is 36.9 Å². The molecule has 4 nitrogen and oxygen atoms in total. The van der Waals surface area contributed by atoms with Gasteiger partial charge in [0.25, 0.3) is 5.91 Å². The molecule has 0 N–H and O–H groups in total. The minimum Gasteiger partial charge on any atom is -0.378 e. The summed E-state index contributed by atoms with van der Waals surface area (Å²) in [5, 5.41) is 0.234. The van der Waals surface area contributed by atoms with Crippen LogP contribution in [-0.2, 0) is 6.54 Å². The van der Waals surface area contributed by atoms with Crippen LogP contribution in [0.3, 0.4) is 0 Å². The van der Waals surface area contributed by atoms with Crippen molar-refractivity contribution in [2.75, 3.05) is 26.0 Å². The summed E-state index contributed by atoms with van der Waals surface area (Å²) in [4.78, 5) is 19.9. The van der Waals surface area contributed by atoms with Crippen molar-refractivity contribution in [3.05, 3.63) is 58.9 Å². The van der Waals surface area contributed by atoms with Crippen LogP contribution in [0.15, 0.2) is 42.6 Å². The zero-order valence-electron chi connectivity index (χ0n) is 12.4. The molecule has 1 amide bonds. The second kappa shape index (κ2) is 6.59. The van der Waals surface area contributed by atoms with Crippen molar-refractivity contribution in [1.82, 2.24) is 9.88 Å². The molecular weight excluding hydrogens is 286 g/mol. The van der Waals surface area contributed by atoms with E-state index >= 15 is 0 Å². The highest BCUT2D eigenvalue weighted by Gasteiger charge is 2.15. The van der Waals surface area contributed by atoms with E-state index in [1.54, 1.807) is 30.3 Å². The molecule has 0 spiro atoms. The molecule has 0 saturated carbocycles. The molecule has 5 heteroatoms. The molecule has 0 fully saturated rings. The molecule has 2 aromatic rings. The molecule has 0 bridgehead atoms. The number of benzene rings is 1. The minimum absolute atomic E-state index is 0.134. The Kier molecular flexibility index (Phi) is 4.81. The van der Waals surface area contributed by atoms with Crippen LogP contribution in [0.2, 0.25) is 5.15 Å². The lowest BCUT2D eigenvalue weighted by Crippen LogP contribution is -2.26. The van der Waals surface area contributed by atoms with Gasteiger partial charge in [0.05, 0.1) is 5.56 Å². The smallest absolute Gasteiger partial charge is 0.257 e. The average molecular weight is 304 g/mol. The number of aromatic nitrogens is 1. The Morgan fingerprint density at radius 2 is 1.81 bits per heavy atom. The Balaban J connectivity index is 2.09. The zero-order chi connectivity index (χ0) is 15.4. The van der Waals surface area contributed by atoms with Gasteiger partial charge in [0.2, 0.25) is 0 Å². The average Bonchev–Trinajstić information content (AvgIpc) is 2.47. The van der Waals surface area contributed by atoms with Gasteiger partial charge in [0, 0.05) is 39.6 Å². The summed E-state index contributed by atoms with van der Waals surface area (Å²) in [5.41, 5.74) is 2.62. The van der Waals surface area contributed by atoms with Crippen molar-refractivity contribution in [2.24, 2.45) is 0 Å². The molecule has 0 aliphatic rings. The van der Waals surface area contributed by atoms with Gasteiger partial charge in [0.1, 0.15) is 5.15 Å². The molecule has 0 atom stereocenters. The lowest BCUT2D eigenvalue weighted by atomic mass is 10.1. The molecule has 1 aromatic heterocycles. The standard InChI is InChI=1S/C16H18ClN3O/c1-19(2)13-8-6-12(7-9-13)11-20(3)16(21)14-5-4-10-18-15(14)17/h4-10H,11H2,1-3H3. The number of hydrogen-bond donors (Lipinski definition) is 0. The van der Waals surface area contributed by atoms with E-state index in [4.69, 9.17) is 11.6 Å². The number of carbonyl (C=O) groups is 1. The fourth-order valence-corrected chi connectivity index (χ4v) is 2.20. The largest absolute Gasteiger partial charge is 0.378 e. The maximum absolute atomic E-state index is 12.3. The van der Waals surface area contributed by atoms with Crippen molar-refractivity contribution in [2.45, 2.75) is 6.54 Å². The van der Waals surface area contributed by atoms with Gasteiger partial charge >= 0.3 is 0 Å². The Morgan fingerprint density at radius 1 is 1.14 bits per heavy atom. The van der Waals surface area contributed by atoms with Crippen LogP contribution in [0.1, 0.15) is 15.9 Å². The number of nitrogens with zero attached hydrogens (tertiary/aromatic N) is 3. The summed E-state index contributed by atoms with van der Waals surface area (Å²) in [5.74, 6) is -0.134. The Bertz CT molecular complexity index is 626. The number of pyridine rings is 1. The second-order valence-electron chi connectivity index (χ2n) is 5.06. The van der Waals surface area contributed by atoms with Gasteiger partial charge in [-0.3, -0.25) is 4.79 Å². The van der Waals surface area contributed by atoms with E-state index in [1.165, 1.54) is 0 Å². The summed E-state index contributed by atoms with van der Waals surface area (Å²) in [6.07, 6.45) is 1.57. The van der Waals surface area contributed by atoms with Crippen LogP contribution >= 0.6 is 11.6 Å². The van der Waals surface area contributed by atoms with E-state index in [0.717, 1.165) is 11.3 Å². The van der Waals surface area contributed by atoms with E-state index in [-0.39, 0.29) is 11.1 Å². The Labute approximate surface area is 130 Å². The summed E-state index contributed by atoms with van der Waals surface area (Å²) >= 11 is 5.96. The SMILES string of the molecule is CN(Cc1ccc(N(C)C)cc1)C(=O)c1cccnc1Cl. The summed E-state index contributed by atoms with van der Waals surface area (Å²) < 4.78 is 0. The molecule has 110 valence electrons. The Hall–Kier alpha value is -2.07. The summed E-state index contributed by atoms with van der Waals surface area (Å²) in [6.45, 7) is 0.526. The van der Waals surface area contributed by atoms with Crippen LogP contribution < -0.4 is 4.90 Å². The van der Waals surface area contributed by atoms with Gasteiger partial charge in [-0.2, -0.15) is 0 Å². The normalized spacial score (nSPS) is 10.3. The highest BCUT2D eigenvalue weighted by atomic mass is 35.5. The molecule has 0 saturated heterocycles.